The van der Waals surface area contributed by atoms with Gasteiger partial charge in [0.2, 0.25) is 0 Å². The zero-order valence-corrected chi connectivity index (χ0v) is 15.8. The summed E-state index contributed by atoms with van der Waals surface area (Å²) in [4.78, 5) is 12.3. The molecule has 1 aliphatic heterocycles. The van der Waals surface area contributed by atoms with Crippen LogP contribution < -0.4 is 9.62 Å². The molecule has 0 aliphatic carbocycles. The highest BCUT2D eigenvalue weighted by Crippen LogP contribution is 2.31. The van der Waals surface area contributed by atoms with Crippen molar-refractivity contribution in [3.05, 3.63) is 59.7 Å². The summed E-state index contributed by atoms with van der Waals surface area (Å²) >= 11 is 0. The van der Waals surface area contributed by atoms with Crippen molar-refractivity contribution < 1.29 is 13.2 Å². The third-order valence-corrected chi connectivity index (χ3v) is 6.42. The Balaban J connectivity index is 1.82. The first-order valence-corrected chi connectivity index (χ1v) is 10.5. The predicted octanol–water partition coefficient (Wildman–Crippen LogP) is 3.36. The number of unbranched alkanes of at least 4 members (excludes halogenated alkanes) is 1. The van der Waals surface area contributed by atoms with Crippen LogP contribution in [-0.4, -0.2) is 27.4 Å². The molecule has 0 unspecified atom stereocenters. The Kier molecular flexibility index (Phi) is 5.61. The molecule has 6 heteroatoms. The summed E-state index contributed by atoms with van der Waals surface area (Å²) in [5.74, 6) is -0.175. The quantitative estimate of drug-likeness (QED) is 0.791. The standard InChI is InChI=1S/C20H24N2O3S/c1-2-3-14-21-20(23)17-10-12-18(13-11-17)26(24,25)22-15-6-8-16-7-4-5-9-19(16)22/h4-5,7,9-13H,2-3,6,8,14-15H2,1H3,(H,21,23). The molecule has 0 saturated heterocycles. The number of fused-ring (bicyclic) bond motifs is 1. The van der Waals surface area contributed by atoms with Crippen LogP contribution in [0.4, 0.5) is 5.69 Å². The Morgan fingerprint density at radius 1 is 1.12 bits per heavy atom. The summed E-state index contributed by atoms with van der Waals surface area (Å²) in [6.07, 6.45) is 3.62. The first-order valence-electron chi connectivity index (χ1n) is 9.03. The van der Waals surface area contributed by atoms with Gasteiger partial charge in [0.15, 0.2) is 0 Å². The summed E-state index contributed by atoms with van der Waals surface area (Å²) in [6, 6.07) is 13.8. The number of benzene rings is 2. The Morgan fingerprint density at radius 3 is 2.58 bits per heavy atom. The van der Waals surface area contributed by atoms with Crippen LogP contribution in [0.1, 0.15) is 42.1 Å². The number of sulfonamides is 1. The van der Waals surface area contributed by atoms with Gasteiger partial charge in [-0.3, -0.25) is 9.10 Å². The van der Waals surface area contributed by atoms with E-state index in [1.807, 2.05) is 24.3 Å². The number of hydrogen-bond donors (Lipinski definition) is 1. The van der Waals surface area contributed by atoms with Gasteiger partial charge in [-0.25, -0.2) is 8.42 Å². The van der Waals surface area contributed by atoms with Crippen LogP contribution in [0.15, 0.2) is 53.4 Å². The second kappa shape index (κ2) is 7.91. The van der Waals surface area contributed by atoms with Crippen molar-refractivity contribution in [3.63, 3.8) is 0 Å². The lowest BCUT2D eigenvalue weighted by molar-refractivity contribution is 0.0953. The maximum Gasteiger partial charge on any atom is 0.264 e. The van der Waals surface area contributed by atoms with E-state index in [0.29, 0.717) is 18.7 Å². The number of rotatable bonds is 6. The van der Waals surface area contributed by atoms with E-state index in [2.05, 4.69) is 12.2 Å². The fraction of sp³-hybridized carbons (Fsp3) is 0.350. The van der Waals surface area contributed by atoms with E-state index in [0.717, 1.165) is 36.9 Å². The minimum Gasteiger partial charge on any atom is -0.352 e. The van der Waals surface area contributed by atoms with Crippen molar-refractivity contribution in [1.29, 1.82) is 0 Å². The largest absolute Gasteiger partial charge is 0.352 e. The normalized spacial score (nSPS) is 14.0. The molecule has 1 amide bonds. The number of para-hydroxylation sites is 1. The van der Waals surface area contributed by atoms with Gasteiger partial charge in [-0.2, -0.15) is 0 Å². The predicted molar refractivity (Wildman–Crippen MR) is 103 cm³/mol. The lowest BCUT2D eigenvalue weighted by Gasteiger charge is -2.30. The summed E-state index contributed by atoms with van der Waals surface area (Å²) in [7, 11) is -3.64. The molecule has 2 aromatic carbocycles. The smallest absolute Gasteiger partial charge is 0.264 e. The van der Waals surface area contributed by atoms with Crippen molar-refractivity contribution in [2.24, 2.45) is 0 Å². The molecule has 0 aromatic heterocycles. The number of nitrogens with zero attached hydrogens (tertiary/aromatic N) is 1. The molecule has 3 rings (SSSR count). The highest BCUT2D eigenvalue weighted by atomic mass is 32.2. The molecule has 1 aliphatic rings. The van der Waals surface area contributed by atoms with Crippen LogP contribution in [0, 0.1) is 0 Å². The van der Waals surface area contributed by atoms with Crippen molar-refractivity contribution in [2.75, 3.05) is 17.4 Å². The molecule has 0 spiro atoms. The van der Waals surface area contributed by atoms with E-state index >= 15 is 0 Å². The van der Waals surface area contributed by atoms with E-state index in [4.69, 9.17) is 0 Å². The van der Waals surface area contributed by atoms with E-state index in [1.54, 1.807) is 12.1 Å². The second-order valence-electron chi connectivity index (χ2n) is 6.44. The molecule has 5 nitrogen and oxygen atoms in total. The minimum absolute atomic E-state index is 0.175. The van der Waals surface area contributed by atoms with Gasteiger partial charge in [0.25, 0.3) is 15.9 Å². The van der Waals surface area contributed by atoms with Crippen LogP contribution in [0.5, 0.6) is 0 Å². The van der Waals surface area contributed by atoms with Gasteiger partial charge in [-0.15, -0.1) is 0 Å². The first-order chi connectivity index (χ1) is 12.5. The summed E-state index contributed by atoms with van der Waals surface area (Å²) in [6.45, 7) is 3.16. The van der Waals surface area contributed by atoms with E-state index < -0.39 is 10.0 Å². The van der Waals surface area contributed by atoms with Gasteiger partial charge in [-0.05, 0) is 55.2 Å². The first kappa shape index (κ1) is 18.5. The maximum atomic E-state index is 13.1. The van der Waals surface area contributed by atoms with Gasteiger partial charge in [-0.1, -0.05) is 31.5 Å². The molecule has 0 saturated carbocycles. The van der Waals surface area contributed by atoms with Crippen LogP contribution >= 0.6 is 0 Å². The van der Waals surface area contributed by atoms with Crippen LogP contribution in [-0.2, 0) is 16.4 Å². The van der Waals surface area contributed by atoms with Crippen LogP contribution in [0.3, 0.4) is 0 Å². The highest BCUT2D eigenvalue weighted by Gasteiger charge is 2.28. The Hall–Kier alpha value is -2.34. The molecule has 2 aromatic rings. The number of anilines is 1. The molecular weight excluding hydrogens is 348 g/mol. The number of carbonyl (C=O) groups is 1. The Morgan fingerprint density at radius 2 is 1.85 bits per heavy atom. The van der Waals surface area contributed by atoms with E-state index in [9.17, 15) is 13.2 Å². The molecule has 26 heavy (non-hydrogen) atoms. The highest BCUT2D eigenvalue weighted by molar-refractivity contribution is 7.92. The summed E-state index contributed by atoms with van der Waals surface area (Å²) in [5, 5.41) is 2.84. The average molecular weight is 372 g/mol. The van der Waals surface area contributed by atoms with Gasteiger partial charge in [0.05, 0.1) is 10.6 Å². The van der Waals surface area contributed by atoms with E-state index in [1.165, 1.54) is 16.4 Å². The van der Waals surface area contributed by atoms with Crippen molar-refractivity contribution in [3.8, 4) is 0 Å². The fourth-order valence-electron chi connectivity index (χ4n) is 3.14. The summed E-state index contributed by atoms with van der Waals surface area (Å²) in [5.41, 5.74) is 2.27. The minimum atomic E-state index is -3.64. The zero-order valence-electron chi connectivity index (χ0n) is 14.9. The van der Waals surface area contributed by atoms with E-state index in [-0.39, 0.29) is 10.8 Å². The van der Waals surface area contributed by atoms with Crippen molar-refractivity contribution in [2.45, 2.75) is 37.5 Å². The molecule has 0 bridgehead atoms. The average Bonchev–Trinajstić information content (AvgIpc) is 2.67. The lowest BCUT2D eigenvalue weighted by Crippen LogP contribution is -2.35. The van der Waals surface area contributed by atoms with Gasteiger partial charge >= 0.3 is 0 Å². The number of aryl methyl sites for hydroxylation is 1. The second-order valence-corrected chi connectivity index (χ2v) is 8.31. The lowest BCUT2D eigenvalue weighted by atomic mass is 10.0. The molecule has 0 radical (unpaired) electrons. The van der Waals surface area contributed by atoms with Crippen molar-refractivity contribution >= 4 is 21.6 Å². The SMILES string of the molecule is CCCCNC(=O)c1ccc(S(=O)(=O)N2CCCc3ccccc32)cc1. The van der Waals surface area contributed by atoms with Gasteiger partial charge in [0, 0.05) is 18.7 Å². The maximum absolute atomic E-state index is 13.1. The molecule has 0 atom stereocenters. The topological polar surface area (TPSA) is 66.5 Å². The number of nitrogens with one attached hydrogen (secondary N) is 1. The van der Waals surface area contributed by atoms with Gasteiger partial charge < -0.3 is 5.32 Å². The Bertz CT molecular complexity index is 876. The molecule has 1 heterocycles. The molecule has 1 N–H and O–H groups in total. The van der Waals surface area contributed by atoms with Crippen LogP contribution in [0.25, 0.3) is 0 Å². The fourth-order valence-corrected chi connectivity index (χ4v) is 4.68. The van der Waals surface area contributed by atoms with Crippen LogP contribution in [0.2, 0.25) is 0 Å². The number of hydrogen-bond acceptors (Lipinski definition) is 3. The molecule has 0 fully saturated rings. The van der Waals surface area contributed by atoms with Gasteiger partial charge in [0.1, 0.15) is 0 Å². The monoisotopic (exact) mass is 372 g/mol. The number of amides is 1. The molecule has 138 valence electrons. The molecular formula is C20H24N2O3S. The Labute approximate surface area is 155 Å². The van der Waals surface area contributed by atoms with Crippen molar-refractivity contribution in [1.82, 2.24) is 5.32 Å². The third kappa shape index (κ3) is 3.75. The number of carbonyl (C=O) groups excluding carboxylic acids is 1. The third-order valence-electron chi connectivity index (χ3n) is 4.59. The zero-order chi connectivity index (χ0) is 18.6. The summed E-state index contributed by atoms with van der Waals surface area (Å²) < 4.78 is 27.6.